The van der Waals surface area contributed by atoms with Crippen LogP contribution in [-0.4, -0.2) is 20.1 Å². The molecule has 0 saturated carbocycles. The summed E-state index contributed by atoms with van der Waals surface area (Å²) >= 11 is 0. The molecule has 144 valence electrons. The first-order valence-corrected chi connectivity index (χ1v) is 11.2. The number of carbonyl (C=O) groups excluding carboxylic acids is 1. The van der Waals surface area contributed by atoms with Gasteiger partial charge < -0.3 is 5.32 Å². The lowest BCUT2D eigenvalue weighted by atomic mass is 9.89. The van der Waals surface area contributed by atoms with Crippen molar-refractivity contribution in [3.8, 4) is 0 Å². The van der Waals surface area contributed by atoms with Crippen LogP contribution >= 0.6 is 0 Å². The van der Waals surface area contributed by atoms with Gasteiger partial charge in [0, 0.05) is 6.42 Å². The zero-order chi connectivity index (χ0) is 19.4. The first-order chi connectivity index (χ1) is 12.8. The van der Waals surface area contributed by atoms with Crippen LogP contribution in [0.4, 0.5) is 0 Å². The van der Waals surface area contributed by atoms with Crippen LogP contribution in [0.2, 0.25) is 0 Å². The molecule has 1 amide bonds. The van der Waals surface area contributed by atoms with E-state index in [2.05, 4.69) is 23.5 Å². The van der Waals surface area contributed by atoms with Gasteiger partial charge in [-0.2, -0.15) is 0 Å². The molecular weight excluding hydrogens is 358 g/mol. The molecule has 0 radical (unpaired) electrons. The minimum Gasteiger partial charge on any atom is -0.350 e. The van der Waals surface area contributed by atoms with Gasteiger partial charge in [-0.25, -0.2) is 8.42 Å². The monoisotopic (exact) mass is 385 g/mol. The van der Waals surface area contributed by atoms with Crippen molar-refractivity contribution in [1.82, 2.24) is 5.32 Å². The molecule has 1 aliphatic rings. The third-order valence-electron chi connectivity index (χ3n) is 5.23. The Bertz CT molecular complexity index is 917. The Morgan fingerprint density at radius 3 is 2.41 bits per heavy atom. The molecule has 0 aliphatic heterocycles. The van der Waals surface area contributed by atoms with E-state index in [4.69, 9.17) is 0 Å². The van der Waals surface area contributed by atoms with Gasteiger partial charge in [0.2, 0.25) is 5.91 Å². The molecule has 3 rings (SSSR count). The number of amides is 1. The smallest absolute Gasteiger partial charge is 0.221 e. The van der Waals surface area contributed by atoms with Crippen molar-refractivity contribution in [1.29, 1.82) is 0 Å². The molecule has 0 fully saturated rings. The SMILES string of the molecule is Cc1ccc(S(=O)(=O)CCC(=O)N[C@H](C)c2ccc3c(c2)CCCC3)cc1. The van der Waals surface area contributed by atoms with E-state index in [-0.39, 0.29) is 29.0 Å². The van der Waals surface area contributed by atoms with Gasteiger partial charge in [0.05, 0.1) is 16.7 Å². The fraction of sp³-hybridized carbons (Fsp3) is 0.409. The summed E-state index contributed by atoms with van der Waals surface area (Å²) in [5.74, 6) is -0.422. The molecule has 0 saturated heterocycles. The van der Waals surface area contributed by atoms with Gasteiger partial charge in [-0.15, -0.1) is 0 Å². The van der Waals surface area contributed by atoms with E-state index in [1.54, 1.807) is 24.3 Å². The van der Waals surface area contributed by atoms with Crippen molar-refractivity contribution in [2.45, 2.75) is 56.9 Å². The summed E-state index contributed by atoms with van der Waals surface area (Å²) in [5.41, 5.74) is 4.87. The second kappa shape index (κ2) is 8.26. The van der Waals surface area contributed by atoms with E-state index in [1.165, 1.54) is 24.0 Å². The Balaban J connectivity index is 1.58. The number of benzene rings is 2. The molecular formula is C22H27NO3S. The molecule has 1 aliphatic carbocycles. The molecule has 2 aromatic rings. The first-order valence-electron chi connectivity index (χ1n) is 9.56. The van der Waals surface area contributed by atoms with E-state index in [0.29, 0.717) is 0 Å². The normalized spacial score (nSPS) is 15.0. The van der Waals surface area contributed by atoms with Crippen molar-refractivity contribution in [3.05, 3.63) is 64.7 Å². The molecule has 2 aromatic carbocycles. The van der Waals surface area contributed by atoms with Crippen molar-refractivity contribution in [3.63, 3.8) is 0 Å². The van der Waals surface area contributed by atoms with Gasteiger partial charge in [-0.1, -0.05) is 35.9 Å². The van der Waals surface area contributed by atoms with E-state index in [0.717, 1.165) is 24.0 Å². The van der Waals surface area contributed by atoms with Gasteiger partial charge in [0.15, 0.2) is 9.84 Å². The minimum atomic E-state index is -3.45. The average molecular weight is 386 g/mol. The highest BCUT2D eigenvalue weighted by molar-refractivity contribution is 7.91. The van der Waals surface area contributed by atoms with Crippen molar-refractivity contribution < 1.29 is 13.2 Å². The standard InChI is InChI=1S/C22H27NO3S/c1-16-7-11-21(12-8-16)27(25,26)14-13-22(24)23-17(2)19-10-9-18-5-3-4-6-20(18)15-19/h7-12,15,17H,3-6,13-14H2,1-2H3,(H,23,24)/t17-/m1/s1. The predicted molar refractivity (Wildman–Crippen MR) is 107 cm³/mol. The summed E-state index contributed by atoms with van der Waals surface area (Å²) in [6, 6.07) is 13.0. The van der Waals surface area contributed by atoms with Crippen LogP contribution in [-0.2, 0) is 27.5 Å². The molecule has 0 heterocycles. The maximum absolute atomic E-state index is 12.4. The maximum Gasteiger partial charge on any atom is 0.221 e. The third-order valence-corrected chi connectivity index (χ3v) is 6.96. The predicted octanol–water partition coefficient (Wildman–Crippen LogP) is 3.92. The number of sulfone groups is 1. The molecule has 0 unspecified atom stereocenters. The fourth-order valence-corrected chi connectivity index (χ4v) is 4.75. The molecule has 0 bridgehead atoms. The van der Waals surface area contributed by atoms with Crippen LogP contribution in [0.5, 0.6) is 0 Å². The zero-order valence-corrected chi connectivity index (χ0v) is 16.8. The summed E-state index contributed by atoms with van der Waals surface area (Å²) in [6.45, 7) is 3.85. The van der Waals surface area contributed by atoms with Gasteiger partial charge in [-0.05, 0) is 68.4 Å². The number of carbonyl (C=O) groups is 1. The van der Waals surface area contributed by atoms with Crippen molar-refractivity contribution >= 4 is 15.7 Å². The van der Waals surface area contributed by atoms with Crippen LogP contribution in [0.3, 0.4) is 0 Å². The van der Waals surface area contributed by atoms with Crippen molar-refractivity contribution in [2.75, 3.05) is 5.75 Å². The third kappa shape index (κ3) is 4.98. The molecule has 1 atom stereocenters. The molecule has 1 N–H and O–H groups in total. The summed E-state index contributed by atoms with van der Waals surface area (Å²) in [4.78, 5) is 12.5. The number of nitrogens with one attached hydrogen (secondary N) is 1. The number of hydrogen-bond acceptors (Lipinski definition) is 3. The highest BCUT2D eigenvalue weighted by atomic mass is 32.2. The molecule has 4 nitrogen and oxygen atoms in total. The number of rotatable bonds is 6. The second-order valence-corrected chi connectivity index (χ2v) is 9.52. The summed E-state index contributed by atoms with van der Waals surface area (Å²) < 4.78 is 24.8. The van der Waals surface area contributed by atoms with E-state index >= 15 is 0 Å². The minimum absolute atomic E-state index is 0.0362. The Labute approximate surface area is 161 Å². The number of fused-ring (bicyclic) bond motifs is 1. The average Bonchev–Trinajstić information content (AvgIpc) is 2.66. The zero-order valence-electron chi connectivity index (χ0n) is 16.0. The topological polar surface area (TPSA) is 63.2 Å². The first kappa shape index (κ1) is 19.6. The summed E-state index contributed by atoms with van der Waals surface area (Å²) in [7, 11) is -3.45. The van der Waals surface area contributed by atoms with Crippen LogP contribution in [0.15, 0.2) is 47.4 Å². The highest BCUT2D eigenvalue weighted by Crippen LogP contribution is 2.25. The number of aryl methyl sites for hydroxylation is 3. The Morgan fingerprint density at radius 2 is 1.70 bits per heavy atom. The number of hydrogen-bond donors (Lipinski definition) is 1. The van der Waals surface area contributed by atoms with E-state index in [9.17, 15) is 13.2 Å². The summed E-state index contributed by atoms with van der Waals surface area (Å²) in [5, 5.41) is 2.93. The van der Waals surface area contributed by atoms with Gasteiger partial charge in [0.1, 0.15) is 0 Å². The lowest BCUT2D eigenvalue weighted by Crippen LogP contribution is -2.28. The maximum atomic E-state index is 12.4. The van der Waals surface area contributed by atoms with Crippen LogP contribution in [0, 0.1) is 6.92 Å². The lowest BCUT2D eigenvalue weighted by molar-refractivity contribution is -0.121. The van der Waals surface area contributed by atoms with Crippen LogP contribution in [0.25, 0.3) is 0 Å². The molecule has 27 heavy (non-hydrogen) atoms. The Morgan fingerprint density at radius 1 is 1.04 bits per heavy atom. The van der Waals surface area contributed by atoms with Crippen LogP contribution in [0.1, 0.15) is 54.5 Å². The fourth-order valence-electron chi connectivity index (χ4n) is 3.51. The van der Waals surface area contributed by atoms with Crippen LogP contribution < -0.4 is 5.32 Å². The van der Waals surface area contributed by atoms with E-state index < -0.39 is 9.84 Å². The molecule has 5 heteroatoms. The highest BCUT2D eigenvalue weighted by Gasteiger charge is 2.18. The van der Waals surface area contributed by atoms with Gasteiger partial charge in [-0.3, -0.25) is 4.79 Å². The van der Waals surface area contributed by atoms with Crippen molar-refractivity contribution in [2.24, 2.45) is 0 Å². The molecule has 0 spiro atoms. The Kier molecular flexibility index (Phi) is 6.00. The van der Waals surface area contributed by atoms with Gasteiger partial charge >= 0.3 is 0 Å². The lowest BCUT2D eigenvalue weighted by Gasteiger charge is -2.20. The quantitative estimate of drug-likeness (QED) is 0.820. The Hall–Kier alpha value is -2.14. The summed E-state index contributed by atoms with van der Waals surface area (Å²) in [6.07, 6.45) is 4.65. The largest absolute Gasteiger partial charge is 0.350 e. The van der Waals surface area contributed by atoms with E-state index in [1.807, 2.05) is 13.8 Å². The van der Waals surface area contributed by atoms with Gasteiger partial charge in [0.25, 0.3) is 0 Å². The second-order valence-electron chi connectivity index (χ2n) is 7.41. The molecule has 0 aromatic heterocycles.